The van der Waals surface area contributed by atoms with E-state index < -0.39 is 12.5 Å². The zero-order valence-corrected chi connectivity index (χ0v) is 9.49. The summed E-state index contributed by atoms with van der Waals surface area (Å²) in [6.45, 7) is 6.89. The molecule has 0 spiro atoms. The second-order valence-electron chi connectivity index (χ2n) is 3.99. The van der Waals surface area contributed by atoms with Crippen LogP contribution < -0.4 is 5.32 Å². The Hall–Kier alpha value is 0.0700. The predicted octanol–water partition coefficient (Wildman–Crippen LogP) is 1.60. The van der Waals surface area contributed by atoms with Gasteiger partial charge in [-0.2, -0.15) is 0 Å². The van der Waals surface area contributed by atoms with Crippen molar-refractivity contribution in [1.82, 2.24) is 10.2 Å². The van der Waals surface area contributed by atoms with E-state index in [1.54, 1.807) is 0 Å². The van der Waals surface area contributed by atoms with E-state index in [4.69, 9.17) is 0 Å². The van der Waals surface area contributed by atoms with Crippen LogP contribution in [0, 0.1) is 5.92 Å². The molecule has 1 atom stereocenters. The maximum atomic E-state index is 12.5. The highest BCUT2D eigenvalue weighted by Crippen LogP contribution is 2.13. The first-order valence-corrected chi connectivity index (χ1v) is 4.84. The van der Waals surface area contributed by atoms with Gasteiger partial charge < -0.3 is 5.32 Å². The third kappa shape index (κ3) is 4.07. The van der Waals surface area contributed by atoms with Crippen molar-refractivity contribution in [2.24, 2.45) is 5.92 Å². The van der Waals surface area contributed by atoms with Gasteiger partial charge in [0.1, 0.15) is 0 Å². The summed E-state index contributed by atoms with van der Waals surface area (Å²) >= 11 is 0. The van der Waals surface area contributed by atoms with Crippen LogP contribution in [0.25, 0.3) is 0 Å². The van der Waals surface area contributed by atoms with Gasteiger partial charge in [-0.25, -0.2) is 8.78 Å². The van der Waals surface area contributed by atoms with Crippen molar-refractivity contribution >= 4 is 12.4 Å². The van der Waals surface area contributed by atoms with Crippen molar-refractivity contribution in [3.05, 3.63) is 0 Å². The number of nitrogens with zero attached hydrogens (tertiary/aromatic N) is 1. The van der Waals surface area contributed by atoms with Gasteiger partial charge in [0.15, 0.2) is 0 Å². The lowest BCUT2D eigenvalue weighted by atomic mass is 10.1. The van der Waals surface area contributed by atoms with Gasteiger partial charge in [0.2, 0.25) is 0 Å². The van der Waals surface area contributed by atoms with E-state index in [-0.39, 0.29) is 12.4 Å². The number of hydrogen-bond donors (Lipinski definition) is 1. The van der Waals surface area contributed by atoms with E-state index in [1.165, 1.54) is 0 Å². The van der Waals surface area contributed by atoms with E-state index in [1.807, 2.05) is 4.90 Å². The third-order valence-electron chi connectivity index (χ3n) is 2.29. The zero-order chi connectivity index (χ0) is 9.84. The molecule has 1 saturated heterocycles. The Morgan fingerprint density at radius 2 is 2.07 bits per heavy atom. The molecule has 86 valence electrons. The summed E-state index contributed by atoms with van der Waals surface area (Å²) in [5.41, 5.74) is 0. The van der Waals surface area contributed by atoms with E-state index in [0.29, 0.717) is 12.5 Å². The van der Waals surface area contributed by atoms with Crippen LogP contribution >= 0.6 is 12.4 Å². The van der Waals surface area contributed by atoms with Crippen LogP contribution in [0.4, 0.5) is 8.78 Å². The Labute approximate surface area is 90.4 Å². The molecular formula is C9H19ClF2N2. The largest absolute Gasteiger partial charge is 0.314 e. The molecule has 0 unspecified atom stereocenters. The number of alkyl halides is 2. The second kappa shape index (κ2) is 6.53. The van der Waals surface area contributed by atoms with Gasteiger partial charge in [0.05, 0.1) is 6.04 Å². The summed E-state index contributed by atoms with van der Waals surface area (Å²) in [7, 11) is 0. The molecular weight excluding hydrogens is 210 g/mol. The van der Waals surface area contributed by atoms with Crippen LogP contribution in [0.1, 0.15) is 13.8 Å². The summed E-state index contributed by atoms with van der Waals surface area (Å²) in [5.74, 6) is 0.458. The quantitative estimate of drug-likeness (QED) is 0.790. The fraction of sp³-hybridized carbons (Fsp3) is 1.00. The van der Waals surface area contributed by atoms with Crippen LogP contribution in [0.5, 0.6) is 0 Å². The number of halogens is 3. The van der Waals surface area contributed by atoms with Gasteiger partial charge in [0.25, 0.3) is 6.43 Å². The molecule has 1 aliphatic heterocycles. The van der Waals surface area contributed by atoms with Crippen LogP contribution in [0.2, 0.25) is 0 Å². The highest BCUT2D eigenvalue weighted by atomic mass is 35.5. The Bertz CT molecular complexity index is 156. The second-order valence-corrected chi connectivity index (χ2v) is 3.99. The molecule has 0 bridgehead atoms. The summed E-state index contributed by atoms with van der Waals surface area (Å²) in [5, 5.41) is 3.00. The minimum atomic E-state index is -2.23. The highest BCUT2D eigenvalue weighted by Gasteiger charge is 2.29. The van der Waals surface area contributed by atoms with Gasteiger partial charge in [-0.3, -0.25) is 4.90 Å². The van der Waals surface area contributed by atoms with Gasteiger partial charge >= 0.3 is 0 Å². The first-order valence-electron chi connectivity index (χ1n) is 4.84. The molecule has 1 fully saturated rings. The summed E-state index contributed by atoms with van der Waals surface area (Å²) in [6.07, 6.45) is -2.23. The fourth-order valence-electron chi connectivity index (χ4n) is 1.71. The molecule has 1 aliphatic rings. The van der Waals surface area contributed by atoms with E-state index in [2.05, 4.69) is 19.2 Å². The molecule has 14 heavy (non-hydrogen) atoms. The molecule has 0 aromatic heterocycles. The van der Waals surface area contributed by atoms with Gasteiger partial charge in [0, 0.05) is 26.2 Å². The first kappa shape index (κ1) is 14.1. The van der Waals surface area contributed by atoms with Crippen molar-refractivity contribution < 1.29 is 8.78 Å². The average molecular weight is 229 g/mol. The standard InChI is InChI=1S/C9H18F2N2.ClH/c1-7(2)6-13-4-3-12-5-8(13)9(10)11;/h7-9,12H,3-6H2,1-2H3;1H/t8-;/m1./s1. The molecule has 1 rings (SSSR count). The van der Waals surface area contributed by atoms with Gasteiger partial charge in [-0.15, -0.1) is 12.4 Å². The van der Waals surface area contributed by atoms with Crippen molar-refractivity contribution in [2.45, 2.75) is 26.3 Å². The lowest BCUT2D eigenvalue weighted by Crippen LogP contribution is -2.55. The molecule has 0 amide bonds. The normalized spacial score (nSPS) is 24.0. The summed E-state index contributed by atoms with van der Waals surface area (Å²) < 4.78 is 25.1. The molecule has 0 aromatic rings. The number of rotatable bonds is 3. The van der Waals surface area contributed by atoms with Gasteiger partial charge in [-0.05, 0) is 5.92 Å². The predicted molar refractivity (Wildman–Crippen MR) is 56.3 cm³/mol. The number of hydrogen-bond acceptors (Lipinski definition) is 2. The van der Waals surface area contributed by atoms with E-state index >= 15 is 0 Å². The van der Waals surface area contributed by atoms with Crippen molar-refractivity contribution in [3.8, 4) is 0 Å². The first-order chi connectivity index (χ1) is 6.11. The Morgan fingerprint density at radius 1 is 1.43 bits per heavy atom. The van der Waals surface area contributed by atoms with Gasteiger partial charge in [-0.1, -0.05) is 13.8 Å². The number of piperazine rings is 1. The Morgan fingerprint density at radius 3 is 2.57 bits per heavy atom. The van der Waals surface area contributed by atoms with Crippen LogP contribution in [-0.4, -0.2) is 43.5 Å². The maximum Gasteiger partial charge on any atom is 0.255 e. The van der Waals surface area contributed by atoms with Crippen molar-refractivity contribution in [3.63, 3.8) is 0 Å². The van der Waals surface area contributed by atoms with Crippen LogP contribution in [0.3, 0.4) is 0 Å². The molecule has 2 nitrogen and oxygen atoms in total. The highest BCUT2D eigenvalue weighted by molar-refractivity contribution is 5.85. The minimum Gasteiger partial charge on any atom is -0.314 e. The average Bonchev–Trinajstić information content (AvgIpc) is 2.03. The molecule has 1 heterocycles. The smallest absolute Gasteiger partial charge is 0.255 e. The lowest BCUT2D eigenvalue weighted by molar-refractivity contribution is 0.00728. The zero-order valence-electron chi connectivity index (χ0n) is 8.67. The third-order valence-corrected chi connectivity index (χ3v) is 2.29. The molecule has 0 saturated carbocycles. The van der Waals surface area contributed by atoms with Crippen LogP contribution in [-0.2, 0) is 0 Å². The van der Waals surface area contributed by atoms with Crippen molar-refractivity contribution in [2.75, 3.05) is 26.2 Å². The van der Waals surface area contributed by atoms with Crippen LogP contribution in [0.15, 0.2) is 0 Å². The van der Waals surface area contributed by atoms with E-state index in [9.17, 15) is 8.78 Å². The SMILES string of the molecule is CC(C)CN1CCNC[C@@H]1C(F)F.Cl. The summed E-state index contributed by atoms with van der Waals surface area (Å²) in [6, 6.07) is -0.587. The Balaban J connectivity index is 0.00000169. The maximum absolute atomic E-state index is 12.5. The molecule has 0 radical (unpaired) electrons. The monoisotopic (exact) mass is 228 g/mol. The van der Waals surface area contributed by atoms with Crippen molar-refractivity contribution in [1.29, 1.82) is 0 Å². The topological polar surface area (TPSA) is 15.3 Å². The molecule has 0 aromatic carbocycles. The fourth-order valence-corrected chi connectivity index (χ4v) is 1.71. The molecule has 1 N–H and O–H groups in total. The van der Waals surface area contributed by atoms with E-state index in [0.717, 1.165) is 19.6 Å². The minimum absolute atomic E-state index is 0. The lowest BCUT2D eigenvalue weighted by Gasteiger charge is -2.36. The Kier molecular flexibility index (Phi) is 6.57. The molecule has 0 aliphatic carbocycles. The molecule has 5 heteroatoms. The number of nitrogens with one attached hydrogen (secondary N) is 1. The summed E-state index contributed by atoms with van der Waals surface area (Å²) in [4.78, 5) is 1.89.